The Morgan fingerprint density at radius 3 is 2.59 bits per heavy atom. The van der Waals surface area contributed by atoms with Crippen LogP contribution in [-0.4, -0.2) is 48.7 Å². The second-order valence-corrected chi connectivity index (χ2v) is 10.6. The number of hydrogen-bond donors (Lipinski definition) is 1. The molecular weight excluding hydrogens is 516 g/mol. The number of piperidine rings is 1. The Balaban J connectivity index is 1.18. The number of ether oxygens (including phenoxy) is 1. The fourth-order valence-electron chi connectivity index (χ4n) is 5.20. The summed E-state index contributed by atoms with van der Waals surface area (Å²) < 4.78 is 9.58. The van der Waals surface area contributed by atoms with Gasteiger partial charge in [0.2, 0.25) is 0 Å². The Labute approximate surface area is 237 Å². The lowest BCUT2D eigenvalue weighted by Gasteiger charge is -2.40. The lowest BCUT2D eigenvalue weighted by Crippen LogP contribution is -2.53. The van der Waals surface area contributed by atoms with E-state index in [1.165, 1.54) is 0 Å². The van der Waals surface area contributed by atoms with E-state index in [1.807, 2.05) is 72.5 Å². The van der Waals surface area contributed by atoms with Crippen LogP contribution in [0.4, 0.5) is 5.82 Å². The topological polar surface area (TPSA) is 113 Å². The average molecular weight is 547 g/mol. The van der Waals surface area contributed by atoms with Crippen LogP contribution in [0.5, 0.6) is 5.75 Å². The van der Waals surface area contributed by atoms with Crippen LogP contribution in [0.3, 0.4) is 0 Å². The predicted molar refractivity (Wildman–Crippen MR) is 154 cm³/mol. The van der Waals surface area contributed by atoms with E-state index in [1.54, 1.807) is 23.2 Å². The minimum absolute atomic E-state index is 0.0433. The van der Waals surface area contributed by atoms with E-state index in [0.29, 0.717) is 29.0 Å². The number of amides is 1. The number of nitriles is 1. The molecule has 5 aromatic rings. The van der Waals surface area contributed by atoms with Crippen molar-refractivity contribution in [2.75, 3.05) is 18.0 Å². The molecule has 1 aliphatic rings. The molecular formula is C31H30N8O2. The van der Waals surface area contributed by atoms with E-state index in [-0.39, 0.29) is 11.4 Å². The summed E-state index contributed by atoms with van der Waals surface area (Å²) in [5.41, 5.74) is 4.06. The third-order valence-electron chi connectivity index (χ3n) is 7.55. The molecule has 6 rings (SSSR count). The van der Waals surface area contributed by atoms with Gasteiger partial charge in [0.1, 0.15) is 24.2 Å². The van der Waals surface area contributed by atoms with Gasteiger partial charge in [-0.2, -0.15) is 10.4 Å². The molecule has 10 nitrogen and oxygen atoms in total. The molecule has 1 saturated heterocycles. The third-order valence-corrected chi connectivity index (χ3v) is 7.55. The van der Waals surface area contributed by atoms with Crippen LogP contribution in [0.2, 0.25) is 0 Å². The molecule has 1 amide bonds. The first-order valence-corrected chi connectivity index (χ1v) is 13.5. The maximum Gasteiger partial charge on any atom is 0.251 e. The van der Waals surface area contributed by atoms with Crippen molar-refractivity contribution in [3.63, 3.8) is 0 Å². The van der Waals surface area contributed by atoms with Crippen LogP contribution >= 0.6 is 0 Å². The maximum absolute atomic E-state index is 12.7. The van der Waals surface area contributed by atoms with Gasteiger partial charge >= 0.3 is 0 Å². The van der Waals surface area contributed by atoms with Crippen molar-refractivity contribution in [2.24, 2.45) is 7.05 Å². The lowest BCUT2D eigenvalue weighted by atomic mass is 9.89. The van der Waals surface area contributed by atoms with Gasteiger partial charge in [0.15, 0.2) is 0 Å². The molecule has 0 radical (unpaired) electrons. The van der Waals surface area contributed by atoms with Gasteiger partial charge in [0, 0.05) is 54.8 Å². The number of nitrogens with one attached hydrogen (secondary N) is 1. The van der Waals surface area contributed by atoms with Crippen LogP contribution < -0.4 is 15.0 Å². The number of fused-ring (bicyclic) bond motifs is 1. The average Bonchev–Trinajstić information content (AvgIpc) is 3.62. The zero-order valence-electron chi connectivity index (χ0n) is 23.0. The minimum atomic E-state index is -0.277. The van der Waals surface area contributed by atoms with E-state index in [4.69, 9.17) is 9.72 Å². The van der Waals surface area contributed by atoms with E-state index >= 15 is 0 Å². The van der Waals surface area contributed by atoms with Crippen molar-refractivity contribution in [3.05, 3.63) is 96.5 Å². The monoisotopic (exact) mass is 546 g/mol. The highest BCUT2D eigenvalue weighted by Gasteiger charge is 2.32. The predicted octanol–water partition coefficient (Wildman–Crippen LogP) is 4.37. The molecule has 0 spiro atoms. The largest absolute Gasteiger partial charge is 0.486 e. The third kappa shape index (κ3) is 5.47. The van der Waals surface area contributed by atoms with Gasteiger partial charge in [-0.3, -0.25) is 4.79 Å². The Kier molecular flexibility index (Phi) is 6.85. The van der Waals surface area contributed by atoms with Gasteiger partial charge in [-0.25, -0.2) is 14.5 Å². The Hall–Kier alpha value is -5.17. The number of hydrogen-bond acceptors (Lipinski definition) is 7. The second-order valence-electron chi connectivity index (χ2n) is 10.6. The minimum Gasteiger partial charge on any atom is -0.486 e. The van der Waals surface area contributed by atoms with Crippen LogP contribution in [0, 0.1) is 11.3 Å². The van der Waals surface area contributed by atoms with Gasteiger partial charge < -0.3 is 19.5 Å². The van der Waals surface area contributed by atoms with E-state index in [0.717, 1.165) is 48.6 Å². The molecule has 10 heteroatoms. The summed E-state index contributed by atoms with van der Waals surface area (Å²) in [4.78, 5) is 24.1. The molecule has 1 fully saturated rings. The Bertz CT molecular complexity index is 1730. The summed E-state index contributed by atoms with van der Waals surface area (Å²) in [7, 11) is 1.91. The van der Waals surface area contributed by atoms with Crippen LogP contribution in [0.1, 0.15) is 41.4 Å². The molecule has 0 aliphatic carbocycles. The quantitative estimate of drug-likeness (QED) is 0.323. The van der Waals surface area contributed by atoms with E-state index < -0.39 is 0 Å². The summed E-state index contributed by atoms with van der Waals surface area (Å²) in [6.07, 6.45) is 10.4. The number of pyridine rings is 2. The zero-order valence-corrected chi connectivity index (χ0v) is 23.0. The van der Waals surface area contributed by atoms with Crippen LogP contribution in [-0.2, 0) is 13.7 Å². The van der Waals surface area contributed by atoms with Crippen molar-refractivity contribution < 1.29 is 9.53 Å². The number of carbonyl (C=O) groups is 1. The Morgan fingerprint density at radius 1 is 1.10 bits per heavy atom. The van der Waals surface area contributed by atoms with Gasteiger partial charge in [-0.15, -0.1) is 0 Å². The molecule has 41 heavy (non-hydrogen) atoms. The van der Waals surface area contributed by atoms with Gasteiger partial charge in [0.05, 0.1) is 35.5 Å². The van der Waals surface area contributed by atoms with Crippen molar-refractivity contribution >= 4 is 17.2 Å². The van der Waals surface area contributed by atoms with Crippen molar-refractivity contribution in [3.8, 4) is 22.9 Å². The molecule has 0 unspecified atom stereocenters. The highest BCUT2D eigenvalue weighted by Crippen LogP contribution is 2.32. The molecule has 206 valence electrons. The van der Waals surface area contributed by atoms with Gasteiger partial charge in [-0.05, 0) is 50.1 Å². The summed E-state index contributed by atoms with van der Waals surface area (Å²) in [5.74, 6) is 1.44. The fraction of sp³-hybridized carbons (Fsp3) is 0.258. The number of anilines is 1. The molecule has 0 saturated carbocycles. The molecule has 1 N–H and O–H groups in total. The maximum atomic E-state index is 12.7. The standard InChI is InChI=1S/C31H30N8O2/c1-31(36-30(40)22-6-4-3-5-7-22)10-12-38(13-11-31)28-9-8-23(16-33-28)27-14-26(41-20-25-18-37(2)21-34-25)19-39-29(27)24(15-32)17-35-39/h3-9,14,16-19,21H,10-13,20H2,1-2H3,(H,36,40). The van der Waals surface area contributed by atoms with Gasteiger partial charge in [0.25, 0.3) is 5.91 Å². The highest BCUT2D eigenvalue weighted by molar-refractivity contribution is 5.94. The van der Waals surface area contributed by atoms with E-state index in [9.17, 15) is 10.1 Å². The number of aromatic nitrogens is 5. The molecule has 1 aromatic carbocycles. The van der Waals surface area contributed by atoms with Crippen molar-refractivity contribution in [2.45, 2.75) is 31.9 Å². The summed E-state index contributed by atoms with van der Waals surface area (Å²) >= 11 is 0. The molecule has 4 aromatic heterocycles. The first kappa shape index (κ1) is 26.1. The number of aryl methyl sites for hydroxylation is 1. The second kappa shape index (κ2) is 10.8. The van der Waals surface area contributed by atoms with Crippen LogP contribution in [0.25, 0.3) is 16.6 Å². The van der Waals surface area contributed by atoms with Crippen LogP contribution in [0.15, 0.2) is 79.6 Å². The molecule has 0 atom stereocenters. The van der Waals surface area contributed by atoms with Gasteiger partial charge in [-0.1, -0.05) is 18.2 Å². The Morgan fingerprint density at radius 2 is 1.90 bits per heavy atom. The molecule has 1 aliphatic heterocycles. The first-order chi connectivity index (χ1) is 19.9. The smallest absolute Gasteiger partial charge is 0.251 e. The SMILES string of the molecule is Cn1cnc(COc2cc(-c3ccc(N4CCC(C)(NC(=O)c5ccccc5)CC4)nc3)c3c(C#N)cnn3c2)c1. The summed E-state index contributed by atoms with van der Waals surface area (Å²) in [6, 6.07) is 17.5. The number of imidazole rings is 1. The molecule has 0 bridgehead atoms. The summed E-state index contributed by atoms with van der Waals surface area (Å²) in [6.45, 7) is 3.98. The number of benzene rings is 1. The number of rotatable bonds is 7. The number of carbonyl (C=O) groups excluding carboxylic acids is 1. The highest BCUT2D eigenvalue weighted by atomic mass is 16.5. The summed E-state index contributed by atoms with van der Waals surface area (Å²) in [5, 5.41) is 17.3. The zero-order chi connectivity index (χ0) is 28.4. The lowest BCUT2D eigenvalue weighted by molar-refractivity contribution is 0.0891. The molecule has 5 heterocycles. The van der Waals surface area contributed by atoms with Crippen molar-refractivity contribution in [1.29, 1.82) is 5.26 Å². The first-order valence-electron chi connectivity index (χ1n) is 13.5. The normalized spacial score (nSPS) is 14.5. The fourth-order valence-corrected chi connectivity index (χ4v) is 5.20. The van der Waals surface area contributed by atoms with Crippen molar-refractivity contribution in [1.82, 2.24) is 29.5 Å². The number of nitrogens with zero attached hydrogens (tertiary/aromatic N) is 7. The van der Waals surface area contributed by atoms with E-state index in [2.05, 4.69) is 33.3 Å².